The number of hydrogen-bond donors (Lipinski definition) is 2. The Kier molecular flexibility index (Phi) is 7.54. The number of nitrogens with one attached hydrogen (secondary N) is 2. The molecule has 0 radical (unpaired) electrons. The van der Waals surface area contributed by atoms with Crippen LogP contribution in [0.5, 0.6) is 11.5 Å². The van der Waals surface area contributed by atoms with Crippen LogP contribution in [0, 0.1) is 0 Å². The summed E-state index contributed by atoms with van der Waals surface area (Å²) in [5.74, 6) is 0.0214. The number of para-hydroxylation sites is 4. The highest BCUT2D eigenvalue weighted by molar-refractivity contribution is 6.32. The molecule has 0 aliphatic carbocycles. The van der Waals surface area contributed by atoms with E-state index < -0.39 is 11.8 Å². The molecule has 0 unspecified atom stereocenters. The van der Waals surface area contributed by atoms with Crippen LogP contribution in [-0.2, 0) is 9.59 Å². The molecule has 6 nitrogen and oxygen atoms in total. The second kappa shape index (κ2) is 10.5. The van der Waals surface area contributed by atoms with Crippen LogP contribution < -0.4 is 20.1 Å². The van der Waals surface area contributed by atoms with Gasteiger partial charge in [-0.05, 0) is 36.4 Å². The number of hydrogen-bond acceptors (Lipinski definition) is 4. The Labute approximate surface area is 183 Å². The zero-order chi connectivity index (χ0) is 21.3. The molecular weight excluding hydrogens is 427 g/mol. The number of rotatable bonds is 8. The molecule has 154 valence electrons. The number of carbonyl (C=O) groups is 2. The molecule has 0 spiro atoms. The van der Waals surface area contributed by atoms with Crippen molar-refractivity contribution in [1.82, 2.24) is 0 Å². The molecule has 0 aliphatic heterocycles. The lowest BCUT2D eigenvalue weighted by atomic mass is 10.2. The van der Waals surface area contributed by atoms with Crippen LogP contribution in [0.3, 0.4) is 0 Å². The van der Waals surface area contributed by atoms with E-state index in [2.05, 4.69) is 10.6 Å². The lowest BCUT2D eigenvalue weighted by molar-refractivity contribution is -0.119. The molecule has 0 saturated carbocycles. The average molecular weight is 445 g/mol. The predicted molar refractivity (Wildman–Crippen MR) is 118 cm³/mol. The summed E-state index contributed by atoms with van der Waals surface area (Å²) in [7, 11) is 0. The van der Waals surface area contributed by atoms with Crippen molar-refractivity contribution in [2.75, 3.05) is 23.8 Å². The van der Waals surface area contributed by atoms with Crippen molar-refractivity contribution >= 4 is 46.4 Å². The molecule has 0 aliphatic rings. The molecule has 2 N–H and O–H groups in total. The largest absolute Gasteiger partial charge is 0.482 e. The third-order valence-electron chi connectivity index (χ3n) is 3.87. The molecule has 30 heavy (non-hydrogen) atoms. The van der Waals surface area contributed by atoms with Crippen molar-refractivity contribution in [1.29, 1.82) is 0 Å². The highest BCUT2D eigenvalue weighted by atomic mass is 35.5. The summed E-state index contributed by atoms with van der Waals surface area (Å²) in [4.78, 5) is 24.5. The Morgan fingerprint density at radius 2 is 1.00 bits per heavy atom. The molecular formula is C22H18Cl2N2O4. The molecule has 8 heteroatoms. The van der Waals surface area contributed by atoms with Gasteiger partial charge in [-0.1, -0.05) is 59.6 Å². The van der Waals surface area contributed by atoms with Gasteiger partial charge in [-0.25, -0.2) is 0 Å². The fraction of sp³-hybridized carbons (Fsp3) is 0.0909. The molecule has 0 heterocycles. The van der Waals surface area contributed by atoms with Crippen LogP contribution in [-0.4, -0.2) is 25.0 Å². The first-order chi connectivity index (χ1) is 14.5. The van der Waals surface area contributed by atoms with Gasteiger partial charge in [0.25, 0.3) is 11.8 Å². The molecule has 0 aromatic heterocycles. The summed E-state index contributed by atoms with van der Waals surface area (Å²) in [5.41, 5.74) is 0.854. The minimum absolute atomic E-state index is 0.234. The van der Waals surface area contributed by atoms with Crippen molar-refractivity contribution in [3.8, 4) is 11.5 Å². The Morgan fingerprint density at radius 1 is 0.633 bits per heavy atom. The van der Waals surface area contributed by atoms with Gasteiger partial charge in [0.1, 0.15) is 11.5 Å². The number of amides is 2. The highest BCUT2D eigenvalue weighted by Gasteiger charge is 2.12. The summed E-state index contributed by atoms with van der Waals surface area (Å²) in [6, 6.07) is 20.5. The van der Waals surface area contributed by atoms with Gasteiger partial charge in [-0.15, -0.1) is 0 Å². The molecule has 3 aromatic rings. The summed E-state index contributed by atoms with van der Waals surface area (Å²) in [6.45, 7) is -0.469. The van der Waals surface area contributed by atoms with Crippen molar-refractivity contribution in [3.63, 3.8) is 0 Å². The second-order valence-corrected chi connectivity index (χ2v) is 6.89. The third-order valence-corrected chi connectivity index (χ3v) is 4.49. The maximum atomic E-state index is 12.3. The SMILES string of the molecule is O=C(COc1ccccc1Cl)Nc1ccccc1NC(=O)COc1ccccc1Cl. The monoisotopic (exact) mass is 444 g/mol. The Bertz CT molecular complexity index is 960. The first-order valence-electron chi connectivity index (χ1n) is 8.96. The second-order valence-electron chi connectivity index (χ2n) is 6.08. The molecule has 3 rings (SSSR count). The minimum Gasteiger partial charge on any atom is -0.482 e. The first-order valence-corrected chi connectivity index (χ1v) is 9.72. The standard InChI is InChI=1S/C22H18Cl2N2O4/c23-15-7-1-5-11-19(15)29-13-21(27)25-17-9-3-4-10-18(17)26-22(28)14-30-20-12-6-2-8-16(20)24/h1-12H,13-14H2,(H,25,27)(H,26,28). The van der Waals surface area contributed by atoms with Gasteiger partial charge in [0.15, 0.2) is 13.2 Å². The highest BCUT2D eigenvalue weighted by Crippen LogP contribution is 2.25. The molecule has 0 atom stereocenters. The molecule has 3 aromatic carbocycles. The van der Waals surface area contributed by atoms with Crippen LogP contribution >= 0.6 is 23.2 Å². The van der Waals surface area contributed by atoms with Gasteiger partial charge in [-0.2, -0.15) is 0 Å². The van der Waals surface area contributed by atoms with Gasteiger partial charge in [0, 0.05) is 0 Å². The van der Waals surface area contributed by atoms with E-state index in [9.17, 15) is 9.59 Å². The Hall–Kier alpha value is -3.22. The molecule has 2 amide bonds. The van der Waals surface area contributed by atoms with E-state index in [0.29, 0.717) is 32.9 Å². The van der Waals surface area contributed by atoms with Gasteiger partial charge < -0.3 is 20.1 Å². The lowest BCUT2D eigenvalue weighted by Crippen LogP contribution is -2.23. The maximum Gasteiger partial charge on any atom is 0.262 e. The number of benzene rings is 3. The van der Waals surface area contributed by atoms with Gasteiger partial charge >= 0.3 is 0 Å². The lowest BCUT2D eigenvalue weighted by Gasteiger charge is -2.13. The maximum absolute atomic E-state index is 12.3. The van der Waals surface area contributed by atoms with E-state index in [1.54, 1.807) is 72.8 Å². The van der Waals surface area contributed by atoms with Crippen LogP contribution in [0.2, 0.25) is 10.0 Å². The third kappa shape index (κ3) is 6.14. The van der Waals surface area contributed by atoms with Crippen LogP contribution in [0.25, 0.3) is 0 Å². The average Bonchev–Trinajstić information content (AvgIpc) is 2.74. The number of halogens is 2. The molecule has 0 fully saturated rings. The van der Waals surface area contributed by atoms with Gasteiger partial charge in [-0.3, -0.25) is 9.59 Å². The zero-order valence-corrected chi connectivity index (χ0v) is 17.2. The van der Waals surface area contributed by atoms with Crippen LogP contribution in [0.15, 0.2) is 72.8 Å². The van der Waals surface area contributed by atoms with Crippen molar-refractivity contribution in [3.05, 3.63) is 82.8 Å². The fourth-order valence-electron chi connectivity index (χ4n) is 2.48. The summed E-state index contributed by atoms with van der Waals surface area (Å²) < 4.78 is 10.9. The van der Waals surface area contributed by atoms with Crippen molar-refractivity contribution < 1.29 is 19.1 Å². The van der Waals surface area contributed by atoms with Crippen LogP contribution in [0.1, 0.15) is 0 Å². The van der Waals surface area contributed by atoms with E-state index in [1.807, 2.05) is 0 Å². The number of anilines is 2. The minimum atomic E-state index is -0.399. The normalized spacial score (nSPS) is 10.2. The van der Waals surface area contributed by atoms with Crippen molar-refractivity contribution in [2.45, 2.75) is 0 Å². The van der Waals surface area contributed by atoms with E-state index in [4.69, 9.17) is 32.7 Å². The van der Waals surface area contributed by atoms with Gasteiger partial charge in [0.2, 0.25) is 0 Å². The van der Waals surface area contributed by atoms with E-state index in [1.165, 1.54) is 0 Å². The summed E-state index contributed by atoms with van der Waals surface area (Å²) in [6.07, 6.45) is 0. The van der Waals surface area contributed by atoms with Crippen molar-refractivity contribution in [2.24, 2.45) is 0 Å². The van der Waals surface area contributed by atoms with Crippen LogP contribution in [0.4, 0.5) is 11.4 Å². The van der Waals surface area contributed by atoms with Gasteiger partial charge in [0.05, 0.1) is 21.4 Å². The Morgan fingerprint density at radius 3 is 1.40 bits per heavy atom. The zero-order valence-electron chi connectivity index (χ0n) is 15.7. The van der Waals surface area contributed by atoms with E-state index in [-0.39, 0.29) is 13.2 Å². The van der Waals surface area contributed by atoms with E-state index >= 15 is 0 Å². The van der Waals surface area contributed by atoms with E-state index in [0.717, 1.165) is 0 Å². The topological polar surface area (TPSA) is 76.7 Å². The Balaban J connectivity index is 1.56. The number of carbonyl (C=O) groups excluding carboxylic acids is 2. The fourth-order valence-corrected chi connectivity index (χ4v) is 2.86. The number of ether oxygens (including phenoxy) is 2. The predicted octanol–water partition coefficient (Wildman–Crippen LogP) is 5.03. The quantitative estimate of drug-likeness (QED) is 0.510. The summed E-state index contributed by atoms with van der Waals surface area (Å²) >= 11 is 12.0. The first kappa shape index (κ1) is 21.5. The summed E-state index contributed by atoms with van der Waals surface area (Å²) in [5, 5.41) is 6.24. The molecule has 0 bridgehead atoms. The molecule has 0 saturated heterocycles. The smallest absolute Gasteiger partial charge is 0.262 e.